The van der Waals surface area contributed by atoms with Crippen molar-refractivity contribution >= 4 is 174 Å². The minimum absolute atomic E-state index is 0. The van der Waals surface area contributed by atoms with Gasteiger partial charge in [0.1, 0.15) is 0 Å². The Labute approximate surface area is 168 Å². The van der Waals surface area contributed by atoms with Gasteiger partial charge in [-0.2, -0.15) is 0 Å². The van der Waals surface area contributed by atoms with Gasteiger partial charge in [0, 0.05) is 174 Å². The van der Waals surface area contributed by atoms with E-state index in [4.69, 9.17) is 0 Å². The summed E-state index contributed by atoms with van der Waals surface area (Å²) in [6.45, 7) is 0. The Hall–Kier alpha value is 5.77. The molecule has 0 amide bonds. The normalized spacial score (nSPS) is 0. The van der Waals surface area contributed by atoms with Gasteiger partial charge in [0.15, 0.2) is 0 Å². The second kappa shape index (κ2) is 22.6. The van der Waals surface area contributed by atoms with Crippen LogP contribution in [0.25, 0.3) is 0 Å². The van der Waals surface area contributed by atoms with Crippen LogP contribution in [-0.2, 0) is 0 Å². The van der Waals surface area contributed by atoms with E-state index in [1.54, 1.807) is 0 Å². The predicted molar refractivity (Wildman–Crippen MR) is 28.8 cm³/mol. The van der Waals surface area contributed by atoms with Crippen LogP contribution in [-0.4, -0.2) is 174 Å². The summed E-state index contributed by atoms with van der Waals surface area (Å²) in [5.41, 5.74) is 0. The SMILES string of the molecule is [Ca].[Ca].[Mg].[Na].[Sr]. The molecule has 0 bridgehead atoms. The molecule has 0 fully saturated rings. The van der Waals surface area contributed by atoms with Crippen LogP contribution in [0.2, 0.25) is 0 Å². The Morgan fingerprint density at radius 2 is 0.800 bits per heavy atom. The minimum Gasteiger partial charge on any atom is 0 e. The molecule has 0 N–H and O–H groups in total. The molecule has 0 aromatic rings. The molecule has 0 aromatic heterocycles. The van der Waals surface area contributed by atoms with E-state index in [0.29, 0.717) is 0 Å². The van der Waals surface area contributed by atoms with Crippen LogP contribution in [0.3, 0.4) is 0 Å². The van der Waals surface area contributed by atoms with E-state index in [1.165, 1.54) is 0 Å². The first-order valence-corrected chi connectivity index (χ1v) is 0. The molecule has 5 heteroatoms. The maximum Gasteiger partial charge on any atom is 0 e. The van der Waals surface area contributed by atoms with Gasteiger partial charge in [0.05, 0.1) is 0 Å². The van der Waals surface area contributed by atoms with Crippen molar-refractivity contribution in [1.82, 2.24) is 0 Å². The first kappa shape index (κ1) is 30.9. The fourth-order valence-electron chi connectivity index (χ4n) is 0. The van der Waals surface area contributed by atoms with E-state index in [-0.39, 0.29) is 174 Å². The molecule has 9 radical (unpaired) electrons. The molecular formula is Ca2MgNaSr. The van der Waals surface area contributed by atoms with E-state index in [2.05, 4.69) is 0 Å². The molecule has 5 heavy (non-hydrogen) atoms. The fraction of sp³-hybridized carbons (Fsp3) is 0. The smallest absolute Gasteiger partial charge is 0 e. The fourth-order valence-corrected chi connectivity index (χ4v) is 0. The average molecular weight is 215 g/mol. The Morgan fingerprint density at radius 1 is 0.800 bits per heavy atom. The van der Waals surface area contributed by atoms with Gasteiger partial charge in [-0.15, -0.1) is 0 Å². The third kappa shape index (κ3) is 17.7. The van der Waals surface area contributed by atoms with Crippen molar-refractivity contribution in [1.29, 1.82) is 0 Å². The zero-order valence-corrected chi connectivity index (χ0v) is 15.1. The topological polar surface area (TPSA) is 0 Å². The number of rotatable bonds is 0. The molecule has 0 aliphatic heterocycles. The third-order valence-electron chi connectivity index (χ3n) is 0. The monoisotopic (exact) mass is 215 g/mol. The van der Waals surface area contributed by atoms with Crippen molar-refractivity contribution in [2.24, 2.45) is 0 Å². The molecule has 0 aliphatic carbocycles. The van der Waals surface area contributed by atoms with Crippen LogP contribution in [0.1, 0.15) is 0 Å². The summed E-state index contributed by atoms with van der Waals surface area (Å²) in [6, 6.07) is 0. The Morgan fingerprint density at radius 3 is 0.800 bits per heavy atom. The van der Waals surface area contributed by atoms with Crippen LogP contribution >= 0.6 is 0 Å². The minimum atomic E-state index is 0. The van der Waals surface area contributed by atoms with E-state index >= 15 is 0 Å². The van der Waals surface area contributed by atoms with Gasteiger partial charge in [0.25, 0.3) is 0 Å². The zero-order chi connectivity index (χ0) is 0. The first-order valence-electron chi connectivity index (χ1n) is 0. The van der Waals surface area contributed by atoms with Gasteiger partial charge in [-0.1, -0.05) is 0 Å². The summed E-state index contributed by atoms with van der Waals surface area (Å²) in [6.07, 6.45) is 0. The van der Waals surface area contributed by atoms with E-state index in [1.807, 2.05) is 0 Å². The van der Waals surface area contributed by atoms with Gasteiger partial charge >= 0.3 is 0 Å². The molecule has 0 aliphatic rings. The van der Waals surface area contributed by atoms with E-state index in [9.17, 15) is 0 Å². The second-order valence-corrected chi connectivity index (χ2v) is 0. The Balaban J connectivity index is 0. The summed E-state index contributed by atoms with van der Waals surface area (Å²) in [5.74, 6) is 0. The van der Waals surface area contributed by atoms with Crippen LogP contribution in [0, 0.1) is 0 Å². The molecule has 0 aromatic carbocycles. The molecule has 0 nitrogen and oxygen atoms in total. The summed E-state index contributed by atoms with van der Waals surface area (Å²) in [7, 11) is 0. The largest absolute Gasteiger partial charge is 0 e. The summed E-state index contributed by atoms with van der Waals surface area (Å²) < 4.78 is 0. The van der Waals surface area contributed by atoms with Crippen molar-refractivity contribution < 1.29 is 0 Å². The van der Waals surface area contributed by atoms with Crippen molar-refractivity contribution in [3.05, 3.63) is 0 Å². The summed E-state index contributed by atoms with van der Waals surface area (Å²) >= 11 is 0. The summed E-state index contributed by atoms with van der Waals surface area (Å²) in [5, 5.41) is 0. The van der Waals surface area contributed by atoms with Crippen LogP contribution in [0.5, 0.6) is 0 Å². The molecule has 0 spiro atoms. The van der Waals surface area contributed by atoms with Gasteiger partial charge in [0.2, 0.25) is 0 Å². The molecule has 0 rings (SSSR count). The van der Waals surface area contributed by atoms with E-state index < -0.39 is 0 Å². The maximum atomic E-state index is 0. The van der Waals surface area contributed by atoms with Gasteiger partial charge < -0.3 is 0 Å². The van der Waals surface area contributed by atoms with Gasteiger partial charge in [-0.05, 0) is 0 Å². The third-order valence-corrected chi connectivity index (χ3v) is 0. The van der Waals surface area contributed by atoms with Crippen LogP contribution in [0.4, 0.5) is 0 Å². The van der Waals surface area contributed by atoms with Gasteiger partial charge in [-0.3, -0.25) is 0 Å². The molecule has 0 saturated heterocycles. The first-order chi connectivity index (χ1) is 0. The molecule has 0 saturated carbocycles. The van der Waals surface area contributed by atoms with E-state index in [0.717, 1.165) is 0 Å². The van der Waals surface area contributed by atoms with Crippen molar-refractivity contribution in [3.8, 4) is 0 Å². The van der Waals surface area contributed by atoms with Crippen molar-refractivity contribution in [3.63, 3.8) is 0 Å². The molecule has 0 heterocycles. The van der Waals surface area contributed by atoms with Crippen molar-refractivity contribution in [2.75, 3.05) is 0 Å². The van der Waals surface area contributed by atoms with Crippen molar-refractivity contribution in [2.45, 2.75) is 0 Å². The Bertz CT molecular complexity index is 9.61. The standard InChI is InChI=1S/2Ca.Mg.Na.Sr. The molecule has 0 unspecified atom stereocenters. The van der Waals surface area contributed by atoms with Crippen LogP contribution < -0.4 is 0 Å². The zero-order valence-electron chi connectivity index (χ0n) is 3.83. The predicted octanol–water partition coefficient (Wildman–Crippen LogP) is -1.90. The van der Waals surface area contributed by atoms with Gasteiger partial charge in [-0.25, -0.2) is 0 Å². The Kier molecular flexibility index (Phi) is 139. The molecule has 0 atom stereocenters. The van der Waals surface area contributed by atoms with Crippen LogP contribution in [0.15, 0.2) is 0 Å². The summed E-state index contributed by atoms with van der Waals surface area (Å²) in [4.78, 5) is 0. The number of hydrogen-bond acceptors (Lipinski definition) is 0. The average Bonchev–Trinajstić information content (AvgIpc) is 0. The maximum absolute atomic E-state index is 0. The molecule has 9 valence electrons. The molecular weight excluding hydrogens is 215 g/mol. The quantitative estimate of drug-likeness (QED) is 0.414. The second-order valence-electron chi connectivity index (χ2n) is 0. The number of hydrogen-bond donors (Lipinski definition) is 0.